The SMILES string of the molecule is CC(C)(CO)[C@H](NCc1ccc(OCC(F)(F)F)cc1)c1cccs1. The highest BCUT2D eigenvalue weighted by atomic mass is 32.1. The first-order chi connectivity index (χ1) is 11.7. The minimum Gasteiger partial charge on any atom is -0.484 e. The van der Waals surface area contributed by atoms with Crippen molar-refractivity contribution in [1.82, 2.24) is 5.32 Å². The molecule has 2 N–H and O–H groups in total. The van der Waals surface area contributed by atoms with Gasteiger partial charge in [0, 0.05) is 22.9 Å². The van der Waals surface area contributed by atoms with E-state index >= 15 is 0 Å². The summed E-state index contributed by atoms with van der Waals surface area (Å²) in [5.74, 6) is 0.187. The third-order valence-corrected chi connectivity index (χ3v) is 4.79. The molecule has 0 aliphatic heterocycles. The fourth-order valence-electron chi connectivity index (χ4n) is 2.40. The Balaban J connectivity index is 1.99. The van der Waals surface area contributed by atoms with Crippen LogP contribution < -0.4 is 10.1 Å². The summed E-state index contributed by atoms with van der Waals surface area (Å²) in [5.41, 5.74) is 0.579. The van der Waals surface area contributed by atoms with E-state index in [4.69, 9.17) is 4.74 Å². The summed E-state index contributed by atoms with van der Waals surface area (Å²) in [6, 6.07) is 10.5. The topological polar surface area (TPSA) is 41.5 Å². The van der Waals surface area contributed by atoms with Crippen LogP contribution in [0.25, 0.3) is 0 Å². The van der Waals surface area contributed by atoms with Crippen molar-refractivity contribution < 1.29 is 23.0 Å². The molecule has 0 aliphatic rings. The molecule has 0 fully saturated rings. The highest BCUT2D eigenvalue weighted by Gasteiger charge is 2.31. The van der Waals surface area contributed by atoms with Crippen molar-refractivity contribution in [2.45, 2.75) is 32.6 Å². The smallest absolute Gasteiger partial charge is 0.422 e. The van der Waals surface area contributed by atoms with E-state index in [2.05, 4.69) is 5.32 Å². The third kappa shape index (κ3) is 6.02. The van der Waals surface area contributed by atoms with Gasteiger partial charge in [-0.3, -0.25) is 0 Å². The second-order valence-corrected chi connectivity index (χ2v) is 7.50. The van der Waals surface area contributed by atoms with E-state index in [1.807, 2.05) is 31.4 Å². The summed E-state index contributed by atoms with van der Waals surface area (Å²) < 4.78 is 41.2. The van der Waals surface area contributed by atoms with Gasteiger partial charge in [0.15, 0.2) is 6.61 Å². The van der Waals surface area contributed by atoms with Crippen molar-refractivity contribution >= 4 is 11.3 Å². The Morgan fingerprint density at radius 1 is 1.16 bits per heavy atom. The summed E-state index contributed by atoms with van der Waals surface area (Å²) in [5, 5.41) is 15.1. The number of rotatable bonds is 8. The summed E-state index contributed by atoms with van der Waals surface area (Å²) in [6.45, 7) is 3.24. The largest absolute Gasteiger partial charge is 0.484 e. The van der Waals surface area contributed by atoms with Crippen LogP contribution in [0.4, 0.5) is 13.2 Å². The van der Waals surface area contributed by atoms with Gasteiger partial charge in [-0.1, -0.05) is 32.0 Å². The summed E-state index contributed by atoms with van der Waals surface area (Å²) in [7, 11) is 0. The molecule has 1 atom stereocenters. The second kappa shape index (κ2) is 8.21. The zero-order valence-corrected chi connectivity index (χ0v) is 15.0. The molecule has 0 saturated heterocycles. The molecular formula is C18H22F3NO2S. The van der Waals surface area contributed by atoms with Gasteiger partial charge in [-0.2, -0.15) is 13.2 Å². The van der Waals surface area contributed by atoms with Gasteiger partial charge in [0.25, 0.3) is 0 Å². The van der Waals surface area contributed by atoms with Crippen LogP contribution in [-0.4, -0.2) is 24.5 Å². The molecule has 0 unspecified atom stereocenters. The van der Waals surface area contributed by atoms with E-state index in [9.17, 15) is 18.3 Å². The quantitative estimate of drug-likeness (QED) is 0.714. The normalized spacial score (nSPS) is 13.7. The number of ether oxygens (including phenoxy) is 1. The molecule has 1 aromatic heterocycles. The molecule has 2 aromatic rings. The van der Waals surface area contributed by atoms with Crippen molar-refractivity contribution in [1.29, 1.82) is 0 Å². The zero-order valence-electron chi connectivity index (χ0n) is 14.1. The molecule has 0 spiro atoms. The van der Waals surface area contributed by atoms with Crippen LogP contribution in [0.1, 0.15) is 30.3 Å². The fourth-order valence-corrected chi connectivity index (χ4v) is 3.41. The lowest BCUT2D eigenvalue weighted by Gasteiger charge is -2.33. The average molecular weight is 373 g/mol. The molecule has 7 heteroatoms. The Morgan fingerprint density at radius 3 is 2.36 bits per heavy atom. The van der Waals surface area contributed by atoms with Gasteiger partial charge < -0.3 is 15.2 Å². The van der Waals surface area contributed by atoms with E-state index in [-0.39, 0.29) is 23.8 Å². The van der Waals surface area contributed by atoms with Gasteiger partial charge >= 0.3 is 6.18 Å². The summed E-state index contributed by atoms with van der Waals surface area (Å²) >= 11 is 1.62. The number of hydrogen-bond acceptors (Lipinski definition) is 4. The van der Waals surface area contributed by atoms with Gasteiger partial charge in [0.1, 0.15) is 5.75 Å². The van der Waals surface area contributed by atoms with Crippen molar-refractivity contribution in [3.63, 3.8) is 0 Å². The number of halogens is 3. The second-order valence-electron chi connectivity index (χ2n) is 6.52. The van der Waals surface area contributed by atoms with Crippen LogP contribution >= 0.6 is 11.3 Å². The predicted molar refractivity (Wildman–Crippen MR) is 92.8 cm³/mol. The van der Waals surface area contributed by atoms with Crippen molar-refractivity contribution in [2.24, 2.45) is 5.41 Å². The number of thiophene rings is 1. The third-order valence-electron chi connectivity index (χ3n) is 3.85. The first-order valence-corrected chi connectivity index (χ1v) is 8.75. The highest BCUT2D eigenvalue weighted by molar-refractivity contribution is 7.10. The average Bonchev–Trinajstić information content (AvgIpc) is 3.07. The molecule has 0 radical (unpaired) electrons. The van der Waals surface area contributed by atoms with Crippen molar-refractivity contribution in [2.75, 3.05) is 13.2 Å². The first-order valence-electron chi connectivity index (χ1n) is 7.87. The molecule has 1 heterocycles. The maximum absolute atomic E-state index is 12.2. The van der Waals surface area contributed by atoms with Crippen molar-refractivity contribution in [3.8, 4) is 5.75 Å². The lowest BCUT2D eigenvalue weighted by molar-refractivity contribution is -0.153. The Labute approximate surface area is 149 Å². The lowest BCUT2D eigenvalue weighted by atomic mass is 9.84. The highest BCUT2D eigenvalue weighted by Crippen LogP contribution is 2.35. The number of hydrogen-bond donors (Lipinski definition) is 2. The Morgan fingerprint density at radius 2 is 1.84 bits per heavy atom. The predicted octanol–water partition coefficient (Wildman–Crippen LogP) is 4.54. The lowest BCUT2D eigenvalue weighted by Crippen LogP contribution is -2.36. The van der Waals surface area contributed by atoms with Crippen LogP contribution in [0.3, 0.4) is 0 Å². The van der Waals surface area contributed by atoms with E-state index in [0.717, 1.165) is 10.4 Å². The molecular weight excluding hydrogens is 351 g/mol. The molecule has 138 valence electrons. The van der Waals surface area contributed by atoms with E-state index in [0.29, 0.717) is 6.54 Å². The van der Waals surface area contributed by atoms with E-state index in [1.54, 1.807) is 23.5 Å². The molecule has 2 rings (SSSR count). The molecule has 0 amide bonds. The minimum absolute atomic E-state index is 0.0290. The van der Waals surface area contributed by atoms with Crippen LogP contribution in [0.5, 0.6) is 5.75 Å². The van der Waals surface area contributed by atoms with Crippen LogP contribution in [0, 0.1) is 5.41 Å². The first kappa shape index (κ1) is 19.8. The van der Waals surface area contributed by atoms with Crippen LogP contribution in [0.2, 0.25) is 0 Å². The summed E-state index contributed by atoms with van der Waals surface area (Å²) in [6.07, 6.45) is -4.34. The van der Waals surface area contributed by atoms with Crippen LogP contribution in [0.15, 0.2) is 41.8 Å². The molecule has 3 nitrogen and oxygen atoms in total. The Hall–Kier alpha value is -1.57. The number of aliphatic hydroxyl groups excluding tert-OH is 1. The van der Waals surface area contributed by atoms with Gasteiger partial charge in [-0.05, 0) is 29.1 Å². The Bertz CT molecular complexity index is 639. The molecule has 0 bridgehead atoms. The maximum atomic E-state index is 12.2. The molecule has 25 heavy (non-hydrogen) atoms. The van der Waals surface area contributed by atoms with E-state index < -0.39 is 12.8 Å². The van der Waals surface area contributed by atoms with Crippen LogP contribution in [-0.2, 0) is 6.54 Å². The van der Waals surface area contributed by atoms with Gasteiger partial charge in [-0.15, -0.1) is 11.3 Å². The van der Waals surface area contributed by atoms with E-state index in [1.165, 1.54) is 12.1 Å². The maximum Gasteiger partial charge on any atom is 0.422 e. The molecule has 0 saturated carbocycles. The fraction of sp³-hybridized carbons (Fsp3) is 0.444. The molecule has 0 aliphatic carbocycles. The standard InChI is InChI=1S/C18H22F3NO2S/c1-17(2,11-23)16(15-4-3-9-25-15)22-10-13-5-7-14(8-6-13)24-12-18(19,20)21/h3-9,16,22-23H,10-12H2,1-2H3/t16-/m1/s1. The summed E-state index contributed by atoms with van der Waals surface area (Å²) in [4.78, 5) is 1.13. The monoisotopic (exact) mass is 373 g/mol. The minimum atomic E-state index is -4.34. The van der Waals surface area contributed by atoms with Gasteiger partial charge in [-0.25, -0.2) is 0 Å². The number of alkyl halides is 3. The number of nitrogens with one attached hydrogen (secondary N) is 1. The number of aliphatic hydroxyl groups is 1. The van der Waals surface area contributed by atoms with Crippen molar-refractivity contribution in [3.05, 3.63) is 52.2 Å². The molecule has 1 aromatic carbocycles. The van der Waals surface area contributed by atoms with Gasteiger partial charge in [0.05, 0.1) is 6.61 Å². The zero-order chi connectivity index (χ0) is 18.5. The Kier molecular flexibility index (Phi) is 6.48. The number of benzene rings is 1. The van der Waals surface area contributed by atoms with Gasteiger partial charge in [0.2, 0.25) is 0 Å².